The van der Waals surface area contributed by atoms with E-state index in [1.807, 2.05) is 0 Å². The van der Waals surface area contributed by atoms with E-state index in [-0.39, 0.29) is 5.91 Å². The summed E-state index contributed by atoms with van der Waals surface area (Å²) in [5, 5.41) is 1.54. The van der Waals surface area contributed by atoms with Crippen molar-refractivity contribution in [3.63, 3.8) is 0 Å². The molecule has 0 aliphatic carbocycles. The highest BCUT2D eigenvalue weighted by Gasteiger charge is 2.09. The van der Waals surface area contributed by atoms with Gasteiger partial charge in [0.15, 0.2) is 0 Å². The number of rotatable bonds is 4. The van der Waals surface area contributed by atoms with Crippen molar-refractivity contribution in [3.05, 3.63) is 16.1 Å². The summed E-state index contributed by atoms with van der Waals surface area (Å²) in [6.45, 7) is 4.26. The maximum absolute atomic E-state index is 11.1. The Labute approximate surface area is 91.3 Å². The Balaban J connectivity index is 2.55. The summed E-state index contributed by atoms with van der Waals surface area (Å²) in [6.07, 6.45) is 1.56. The fraction of sp³-hybridized carbons (Fsp3) is 0.500. The Bertz CT molecular complexity index is 311. The zero-order valence-corrected chi connectivity index (χ0v) is 9.74. The van der Waals surface area contributed by atoms with Crippen LogP contribution in [0, 0.1) is 0 Å². The standard InChI is InChI=1S/C8H13N3OS2/c1-5(2)13-4-7-10-3-6(14-7)8(12)11-9/h3,5H,4,9H2,1-2H3,(H,11,12). The highest BCUT2D eigenvalue weighted by Crippen LogP contribution is 2.21. The average molecular weight is 231 g/mol. The van der Waals surface area contributed by atoms with E-state index in [9.17, 15) is 4.79 Å². The Morgan fingerprint density at radius 2 is 2.50 bits per heavy atom. The van der Waals surface area contributed by atoms with Gasteiger partial charge in [0, 0.05) is 5.75 Å². The molecule has 0 saturated carbocycles. The third-order valence-electron chi connectivity index (χ3n) is 1.45. The SMILES string of the molecule is CC(C)SCc1ncc(C(=O)NN)s1. The fourth-order valence-corrected chi connectivity index (χ4v) is 2.40. The Kier molecular flexibility index (Phi) is 4.37. The van der Waals surface area contributed by atoms with E-state index in [0.29, 0.717) is 10.1 Å². The summed E-state index contributed by atoms with van der Waals surface area (Å²) in [5.41, 5.74) is 2.08. The molecular weight excluding hydrogens is 218 g/mol. The van der Waals surface area contributed by atoms with Crippen LogP contribution in [-0.4, -0.2) is 16.1 Å². The molecule has 6 heteroatoms. The second-order valence-corrected chi connectivity index (χ2v) is 5.63. The number of nitrogens with one attached hydrogen (secondary N) is 1. The summed E-state index contributed by atoms with van der Waals surface area (Å²) in [4.78, 5) is 15.8. The third kappa shape index (κ3) is 3.28. The van der Waals surface area contributed by atoms with E-state index in [4.69, 9.17) is 5.84 Å². The molecule has 1 heterocycles. The second kappa shape index (κ2) is 5.33. The van der Waals surface area contributed by atoms with Crippen LogP contribution < -0.4 is 11.3 Å². The zero-order valence-electron chi connectivity index (χ0n) is 8.11. The molecule has 1 aromatic rings. The van der Waals surface area contributed by atoms with Crippen LogP contribution in [0.5, 0.6) is 0 Å². The highest BCUT2D eigenvalue weighted by atomic mass is 32.2. The number of nitrogen functional groups attached to an aromatic ring is 1. The first-order chi connectivity index (χ1) is 6.63. The fourth-order valence-electron chi connectivity index (χ4n) is 0.791. The van der Waals surface area contributed by atoms with Gasteiger partial charge in [0.05, 0.1) is 6.20 Å². The lowest BCUT2D eigenvalue weighted by molar-refractivity contribution is 0.0957. The number of nitrogens with two attached hydrogens (primary N) is 1. The molecule has 78 valence electrons. The highest BCUT2D eigenvalue weighted by molar-refractivity contribution is 7.99. The van der Waals surface area contributed by atoms with Crippen molar-refractivity contribution in [2.75, 3.05) is 0 Å². The molecule has 1 rings (SSSR count). The maximum Gasteiger partial charge on any atom is 0.276 e. The monoisotopic (exact) mass is 231 g/mol. The first kappa shape index (κ1) is 11.5. The van der Waals surface area contributed by atoms with Gasteiger partial charge in [0.1, 0.15) is 9.88 Å². The molecule has 0 fully saturated rings. The molecule has 4 nitrogen and oxygen atoms in total. The van der Waals surface area contributed by atoms with Crippen LogP contribution >= 0.6 is 23.1 Å². The number of hydrazine groups is 1. The lowest BCUT2D eigenvalue weighted by Crippen LogP contribution is -2.29. The van der Waals surface area contributed by atoms with Gasteiger partial charge in [-0.1, -0.05) is 13.8 Å². The molecule has 0 aliphatic rings. The van der Waals surface area contributed by atoms with Crippen molar-refractivity contribution >= 4 is 29.0 Å². The van der Waals surface area contributed by atoms with Crippen LogP contribution in [0.15, 0.2) is 6.20 Å². The number of hydrogen-bond donors (Lipinski definition) is 2. The largest absolute Gasteiger partial charge is 0.289 e. The molecule has 0 saturated heterocycles. The molecule has 1 amide bonds. The number of amides is 1. The molecule has 0 aliphatic heterocycles. The Morgan fingerprint density at radius 3 is 3.07 bits per heavy atom. The van der Waals surface area contributed by atoms with Crippen molar-refractivity contribution in [2.45, 2.75) is 24.9 Å². The minimum atomic E-state index is -0.275. The molecular formula is C8H13N3OS2. The first-order valence-electron chi connectivity index (χ1n) is 4.20. The van der Waals surface area contributed by atoms with E-state index < -0.39 is 0 Å². The number of carbonyl (C=O) groups excluding carboxylic acids is 1. The predicted molar refractivity (Wildman–Crippen MR) is 60.2 cm³/mol. The lowest BCUT2D eigenvalue weighted by atomic mass is 10.5. The Hall–Kier alpha value is -0.590. The van der Waals surface area contributed by atoms with Gasteiger partial charge in [-0.3, -0.25) is 10.2 Å². The van der Waals surface area contributed by atoms with Crippen LogP contribution in [-0.2, 0) is 5.75 Å². The van der Waals surface area contributed by atoms with Gasteiger partial charge in [-0.25, -0.2) is 10.8 Å². The summed E-state index contributed by atoms with van der Waals surface area (Å²) >= 11 is 3.19. The summed E-state index contributed by atoms with van der Waals surface area (Å²) in [5.74, 6) is 5.58. The van der Waals surface area contributed by atoms with Crippen molar-refractivity contribution < 1.29 is 4.79 Å². The first-order valence-corrected chi connectivity index (χ1v) is 6.07. The van der Waals surface area contributed by atoms with Crippen molar-refractivity contribution in [3.8, 4) is 0 Å². The lowest BCUT2D eigenvalue weighted by Gasteiger charge is -2.00. The quantitative estimate of drug-likeness (QED) is 0.467. The van der Waals surface area contributed by atoms with Crippen LogP contribution in [0.25, 0.3) is 0 Å². The average Bonchev–Trinajstić information content (AvgIpc) is 2.62. The Morgan fingerprint density at radius 1 is 1.79 bits per heavy atom. The van der Waals surface area contributed by atoms with E-state index in [1.54, 1.807) is 18.0 Å². The van der Waals surface area contributed by atoms with Gasteiger partial charge in [0.2, 0.25) is 0 Å². The smallest absolute Gasteiger partial charge is 0.276 e. The second-order valence-electron chi connectivity index (χ2n) is 2.95. The molecule has 0 aromatic carbocycles. The number of aromatic nitrogens is 1. The topological polar surface area (TPSA) is 68.0 Å². The van der Waals surface area contributed by atoms with Gasteiger partial charge in [-0.15, -0.1) is 11.3 Å². The third-order valence-corrected chi connectivity index (χ3v) is 3.73. The summed E-state index contributed by atoms with van der Waals surface area (Å²) in [6, 6.07) is 0. The van der Waals surface area contributed by atoms with Crippen LogP contribution in [0.1, 0.15) is 28.5 Å². The van der Waals surface area contributed by atoms with Gasteiger partial charge >= 0.3 is 0 Å². The van der Waals surface area contributed by atoms with Crippen LogP contribution in [0.2, 0.25) is 0 Å². The molecule has 0 bridgehead atoms. The maximum atomic E-state index is 11.1. The van der Waals surface area contributed by atoms with Crippen LogP contribution in [0.4, 0.5) is 0 Å². The minimum Gasteiger partial charge on any atom is -0.289 e. The van der Waals surface area contributed by atoms with Crippen LogP contribution in [0.3, 0.4) is 0 Å². The van der Waals surface area contributed by atoms with Gasteiger partial charge in [-0.2, -0.15) is 11.8 Å². The number of thioether (sulfide) groups is 1. The predicted octanol–water partition coefficient (Wildman–Crippen LogP) is 1.39. The molecule has 1 aromatic heterocycles. The van der Waals surface area contributed by atoms with Gasteiger partial charge < -0.3 is 0 Å². The van der Waals surface area contributed by atoms with E-state index in [2.05, 4.69) is 24.3 Å². The van der Waals surface area contributed by atoms with Crippen molar-refractivity contribution in [1.82, 2.24) is 10.4 Å². The van der Waals surface area contributed by atoms with Crippen molar-refractivity contribution in [1.29, 1.82) is 0 Å². The number of nitrogens with zero attached hydrogens (tertiary/aromatic N) is 1. The van der Waals surface area contributed by atoms with Gasteiger partial charge in [0.25, 0.3) is 5.91 Å². The molecule has 3 N–H and O–H groups in total. The number of carbonyl (C=O) groups is 1. The van der Waals surface area contributed by atoms with Crippen molar-refractivity contribution in [2.24, 2.45) is 5.84 Å². The number of thiazole rings is 1. The zero-order chi connectivity index (χ0) is 10.6. The number of hydrogen-bond acceptors (Lipinski definition) is 5. The normalized spacial score (nSPS) is 10.6. The van der Waals surface area contributed by atoms with Gasteiger partial charge in [-0.05, 0) is 5.25 Å². The molecule has 0 radical (unpaired) electrons. The van der Waals surface area contributed by atoms with E-state index >= 15 is 0 Å². The van der Waals surface area contributed by atoms with E-state index in [1.165, 1.54) is 11.3 Å². The molecule has 14 heavy (non-hydrogen) atoms. The molecule has 0 unspecified atom stereocenters. The minimum absolute atomic E-state index is 0.275. The van der Waals surface area contributed by atoms with E-state index in [0.717, 1.165) is 10.8 Å². The summed E-state index contributed by atoms with van der Waals surface area (Å²) < 4.78 is 0. The molecule has 0 atom stereocenters. The molecule has 0 spiro atoms. The summed E-state index contributed by atoms with van der Waals surface area (Å²) in [7, 11) is 0.